The van der Waals surface area contributed by atoms with E-state index >= 15 is 0 Å². The molecule has 0 aromatic heterocycles. The Kier molecular flexibility index (Phi) is 6.17. The van der Waals surface area contributed by atoms with E-state index in [0.717, 1.165) is 28.7 Å². The van der Waals surface area contributed by atoms with Crippen molar-refractivity contribution in [3.63, 3.8) is 0 Å². The number of carbonyl (C=O) groups excluding carboxylic acids is 2. The second kappa shape index (κ2) is 9.02. The fourth-order valence-corrected chi connectivity index (χ4v) is 4.77. The number of carboxylic acid groups (broad SMARTS) is 1. The standard InChI is InChI=1S/C25H28N2O5/c1-15-11-12-27(22(13-15)24(29)30)23(28)16(2)26-25(31)32-14-21-19-9-5-3-7-17(19)18-8-4-6-10-20(18)21/h3-10,15-16,21-22H,11-14H2,1-2H3,(H,26,31)(H,29,30)/t15?,16-,22?/m0/s1. The largest absolute Gasteiger partial charge is 0.480 e. The van der Waals surface area contributed by atoms with Crippen molar-refractivity contribution in [2.24, 2.45) is 5.92 Å². The first-order chi connectivity index (χ1) is 15.4. The minimum absolute atomic E-state index is 0.0702. The fourth-order valence-electron chi connectivity index (χ4n) is 4.77. The number of rotatable bonds is 5. The average molecular weight is 437 g/mol. The van der Waals surface area contributed by atoms with Crippen molar-refractivity contribution in [1.29, 1.82) is 0 Å². The van der Waals surface area contributed by atoms with Crippen molar-refractivity contribution < 1.29 is 24.2 Å². The molecule has 1 fully saturated rings. The van der Waals surface area contributed by atoms with Crippen LogP contribution in [0.1, 0.15) is 43.7 Å². The van der Waals surface area contributed by atoms with Crippen molar-refractivity contribution in [3.8, 4) is 11.1 Å². The maximum absolute atomic E-state index is 12.8. The van der Waals surface area contributed by atoms with Crippen LogP contribution in [-0.4, -0.2) is 53.2 Å². The molecule has 2 aromatic rings. The van der Waals surface area contributed by atoms with Crippen molar-refractivity contribution in [3.05, 3.63) is 59.7 Å². The van der Waals surface area contributed by atoms with Gasteiger partial charge in [0.05, 0.1) is 0 Å². The Balaban J connectivity index is 1.38. The molecule has 2 N–H and O–H groups in total. The first-order valence-electron chi connectivity index (χ1n) is 11.0. The van der Waals surface area contributed by atoms with E-state index in [0.29, 0.717) is 13.0 Å². The van der Waals surface area contributed by atoms with Crippen molar-refractivity contribution >= 4 is 18.0 Å². The highest BCUT2D eigenvalue weighted by Crippen LogP contribution is 2.44. The zero-order valence-corrected chi connectivity index (χ0v) is 18.3. The average Bonchev–Trinajstić information content (AvgIpc) is 3.11. The number of hydrogen-bond donors (Lipinski definition) is 2. The Morgan fingerprint density at radius 3 is 2.28 bits per heavy atom. The normalized spacial score (nSPS) is 20.8. The maximum Gasteiger partial charge on any atom is 0.407 e. The Bertz CT molecular complexity index is 991. The molecule has 0 saturated carbocycles. The molecule has 4 rings (SSSR count). The second-order valence-electron chi connectivity index (χ2n) is 8.71. The minimum atomic E-state index is -1.02. The molecule has 32 heavy (non-hydrogen) atoms. The van der Waals surface area contributed by atoms with E-state index in [2.05, 4.69) is 17.4 Å². The van der Waals surface area contributed by atoms with Crippen molar-refractivity contribution in [2.45, 2.75) is 44.7 Å². The lowest BCUT2D eigenvalue weighted by atomic mass is 9.92. The molecule has 2 unspecified atom stereocenters. The van der Waals surface area contributed by atoms with E-state index in [4.69, 9.17) is 4.74 Å². The monoisotopic (exact) mass is 436 g/mol. The zero-order valence-electron chi connectivity index (χ0n) is 18.3. The van der Waals surface area contributed by atoms with E-state index < -0.39 is 30.1 Å². The van der Waals surface area contributed by atoms with Crippen LogP contribution in [0.15, 0.2) is 48.5 Å². The number of nitrogens with one attached hydrogen (secondary N) is 1. The Hall–Kier alpha value is -3.35. The van der Waals surface area contributed by atoms with Crippen LogP contribution in [0.4, 0.5) is 4.79 Å². The molecule has 0 radical (unpaired) electrons. The van der Waals surface area contributed by atoms with Gasteiger partial charge in [-0.3, -0.25) is 4.79 Å². The molecule has 0 bridgehead atoms. The molecule has 3 atom stereocenters. The first kappa shape index (κ1) is 21.9. The summed E-state index contributed by atoms with van der Waals surface area (Å²) in [7, 11) is 0. The number of fused-ring (bicyclic) bond motifs is 3. The van der Waals surface area contributed by atoms with Gasteiger partial charge in [0, 0.05) is 12.5 Å². The van der Waals surface area contributed by atoms with Crippen LogP contribution in [0.5, 0.6) is 0 Å². The van der Waals surface area contributed by atoms with Crippen LogP contribution >= 0.6 is 0 Å². The van der Waals surface area contributed by atoms with E-state index in [1.54, 1.807) is 6.92 Å². The van der Waals surface area contributed by atoms with Gasteiger partial charge in [0.1, 0.15) is 18.7 Å². The lowest BCUT2D eigenvalue weighted by Crippen LogP contribution is -2.55. The summed E-state index contributed by atoms with van der Waals surface area (Å²) in [6.07, 6.45) is 0.469. The smallest absolute Gasteiger partial charge is 0.407 e. The topological polar surface area (TPSA) is 95.9 Å². The SMILES string of the molecule is CC1CCN(C(=O)[C@H](C)NC(=O)OCC2c3ccccc3-c3ccccc32)C(C(=O)O)C1. The van der Waals surface area contributed by atoms with Gasteiger partial charge in [0.2, 0.25) is 5.91 Å². The zero-order chi connectivity index (χ0) is 22.8. The van der Waals surface area contributed by atoms with Gasteiger partial charge < -0.3 is 20.1 Å². The molecule has 1 aliphatic heterocycles. The van der Waals surface area contributed by atoms with Crippen molar-refractivity contribution in [1.82, 2.24) is 10.2 Å². The molecular weight excluding hydrogens is 408 g/mol. The first-order valence-corrected chi connectivity index (χ1v) is 11.0. The van der Waals surface area contributed by atoms with Gasteiger partial charge in [0.25, 0.3) is 0 Å². The van der Waals surface area contributed by atoms with Crippen LogP contribution in [0.2, 0.25) is 0 Å². The van der Waals surface area contributed by atoms with Gasteiger partial charge in [0.15, 0.2) is 0 Å². The van der Waals surface area contributed by atoms with Crippen LogP contribution in [0.25, 0.3) is 11.1 Å². The highest BCUT2D eigenvalue weighted by Gasteiger charge is 2.37. The van der Waals surface area contributed by atoms with Gasteiger partial charge in [-0.2, -0.15) is 0 Å². The van der Waals surface area contributed by atoms with Gasteiger partial charge in [-0.25, -0.2) is 9.59 Å². The number of likely N-dealkylation sites (tertiary alicyclic amines) is 1. The highest BCUT2D eigenvalue weighted by atomic mass is 16.5. The number of carboxylic acids is 1. The summed E-state index contributed by atoms with van der Waals surface area (Å²) in [5.74, 6) is -1.25. The van der Waals surface area contributed by atoms with Gasteiger partial charge in [-0.15, -0.1) is 0 Å². The van der Waals surface area contributed by atoms with Crippen LogP contribution < -0.4 is 5.32 Å². The van der Waals surface area contributed by atoms with Crippen molar-refractivity contribution in [2.75, 3.05) is 13.2 Å². The van der Waals surface area contributed by atoms with E-state index in [1.807, 2.05) is 43.3 Å². The van der Waals surface area contributed by atoms with Crippen LogP contribution in [0, 0.1) is 5.92 Å². The van der Waals surface area contributed by atoms with Crippen LogP contribution in [-0.2, 0) is 14.3 Å². The molecule has 1 heterocycles. The number of alkyl carbamates (subject to hydrolysis) is 1. The maximum atomic E-state index is 12.8. The van der Waals surface area contributed by atoms with E-state index in [1.165, 1.54) is 4.90 Å². The summed E-state index contributed by atoms with van der Waals surface area (Å²) in [6, 6.07) is 14.4. The van der Waals surface area contributed by atoms with Gasteiger partial charge >= 0.3 is 12.1 Å². The van der Waals surface area contributed by atoms with Gasteiger partial charge in [-0.05, 0) is 47.9 Å². The Labute approximate surface area is 187 Å². The summed E-state index contributed by atoms with van der Waals surface area (Å²) in [5.41, 5.74) is 4.49. The molecule has 7 nitrogen and oxygen atoms in total. The third kappa shape index (κ3) is 4.20. The molecule has 168 valence electrons. The molecule has 2 aromatic carbocycles. The van der Waals surface area contributed by atoms with E-state index in [-0.39, 0.29) is 18.4 Å². The number of aliphatic carboxylic acids is 1. The predicted octanol–water partition coefficient (Wildman–Crippen LogP) is 3.63. The Morgan fingerprint density at radius 2 is 1.69 bits per heavy atom. The molecule has 1 saturated heterocycles. The summed E-state index contributed by atoms with van der Waals surface area (Å²) in [4.78, 5) is 38.3. The molecular formula is C25H28N2O5. The molecule has 0 spiro atoms. The summed E-state index contributed by atoms with van der Waals surface area (Å²) < 4.78 is 5.50. The third-order valence-electron chi connectivity index (χ3n) is 6.48. The predicted molar refractivity (Wildman–Crippen MR) is 119 cm³/mol. The second-order valence-corrected chi connectivity index (χ2v) is 8.71. The quantitative estimate of drug-likeness (QED) is 0.746. The number of carbonyl (C=O) groups is 3. The van der Waals surface area contributed by atoms with Crippen LogP contribution in [0.3, 0.4) is 0 Å². The summed E-state index contributed by atoms with van der Waals surface area (Å²) in [5, 5.41) is 12.1. The lowest BCUT2D eigenvalue weighted by molar-refractivity contribution is -0.153. The number of benzene rings is 2. The highest BCUT2D eigenvalue weighted by molar-refractivity contribution is 5.89. The summed E-state index contributed by atoms with van der Waals surface area (Å²) >= 11 is 0. The molecule has 1 aliphatic carbocycles. The summed E-state index contributed by atoms with van der Waals surface area (Å²) in [6.45, 7) is 4.06. The number of amides is 2. The van der Waals surface area contributed by atoms with E-state index in [9.17, 15) is 19.5 Å². The lowest BCUT2D eigenvalue weighted by Gasteiger charge is -2.37. The molecule has 7 heteroatoms. The number of hydrogen-bond acceptors (Lipinski definition) is 4. The number of nitrogens with zero attached hydrogens (tertiary/aromatic N) is 1. The minimum Gasteiger partial charge on any atom is -0.480 e. The Morgan fingerprint density at radius 1 is 1.09 bits per heavy atom. The number of ether oxygens (including phenoxy) is 1. The fraction of sp³-hybridized carbons (Fsp3) is 0.400. The third-order valence-corrected chi connectivity index (χ3v) is 6.48. The molecule has 2 aliphatic rings. The van der Waals surface area contributed by atoms with Gasteiger partial charge in [-0.1, -0.05) is 55.5 Å². The molecule has 2 amide bonds. The number of piperidine rings is 1.